The molecule has 5 nitrogen and oxygen atoms in total. The largest absolute Gasteiger partial charge is 0.270 e. The zero-order valence-electron chi connectivity index (χ0n) is 11.5. The van der Waals surface area contributed by atoms with Gasteiger partial charge in [-0.15, -0.1) is 11.3 Å². The van der Waals surface area contributed by atoms with Gasteiger partial charge in [0, 0.05) is 15.6 Å². The smallest absolute Gasteiger partial charge is 0.212 e. The summed E-state index contributed by atoms with van der Waals surface area (Å²) in [5, 5.41) is 0. The molecule has 1 atom stereocenters. The lowest BCUT2D eigenvalue weighted by Gasteiger charge is -2.13. The van der Waals surface area contributed by atoms with Crippen LogP contribution in [0.4, 0.5) is 0 Å². The molecule has 0 fully saturated rings. The summed E-state index contributed by atoms with van der Waals surface area (Å²) in [5.74, 6) is 0.359. The van der Waals surface area contributed by atoms with Gasteiger partial charge >= 0.3 is 0 Å². The summed E-state index contributed by atoms with van der Waals surface area (Å²) >= 11 is 0.966. The summed E-state index contributed by atoms with van der Waals surface area (Å²) in [6.45, 7) is 5.58. The van der Waals surface area contributed by atoms with Gasteiger partial charge in [0.1, 0.15) is 4.21 Å². The zero-order valence-corrected chi connectivity index (χ0v) is 14.7. The fourth-order valence-electron chi connectivity index (χ4n) is 1.48. The van der Waals surface area contributed by atoms with Crippen molar-refractivity contribution in [1.29, 1.82) is 0 Å². The van der Waals surface area contributed by atoms with Crippen LogP contribution >= 0.6 is 22.0 Å². The monoisotopic (exact) mass is 359 g/mol. The predicted molar refractivity (Wildman–Crippen MR) is 82.2 cm³/mol. The third-order valence-corrected chi connectivity index (χ3v) is 7.44. The van der Waals surface area contributed by atoms with E-state index in [9.17, 15) is 16.8 Å². The highest BCUT2D eigenvalue weighted by molar-refractivity contribution is 8.15. The molecule has 9 heteroatoms. The fraction of sp³-hybridized carbons (Fsp3) is 0.636. The molecule has 1 heterocycles. The van der Waals surface area contributed by atoms with Crippen molar-refractivity contribution in [2.24, 2.45) is 5.92 Å². The van der Waals surface area contributed by atoms with E-state index in [0.717, 1.165) is 11.3 Å². The number of hydrogen-bond donors (Lipinski definition) is 1. The summed E-state index contributed by atoms with van der Waals surface area (Å²) in [4.78, 5) is 0.609. The van der Waals surface area contributed by atoms with E-state index < -0.39 is 25.1 Å². The molecule has 0 bridgehead atoms. The lowest BCUT2D eigenvalue weighted by molar-refractivity contribution is 0.551. The number of sulfonamides is 1. The van der Waals surface area contributed by atoms with Gasteiger partial charge in [0.15, 0.2) is 0 Å². The first-order valence-electron chi connectivity index (χ1n) is 6.05. The summed E-state index contributed by atoms with van der Waals surface area (Å²) < 4.78 is 48.6. The maximum Gasteiger partial charge on any atom is 0.270 e. The Bertz CT molecular complexity index is 649. The molecule has 0 amide bonds. The first kappa shape index (κ1) is 17.9. The van der Waals surface area contributed by atoms with E-state index >= 15 is 0 Å². The van der Waals surface area contributed by atoms with Crippen molar-refractivity contribution < 1.29 is 16.8 Å². The van der Waals surface area contributed by atoms with Crippen LogP contribution in [0.2, 0.25) is 0 Å². The fourth-order valence-corrected chi connectivity index (χ4v) is 5.21. The summed E-state index contributed by atoms with van der Waals surface area (Å²) in [6.07, 6.45) is 0.577. The maximum absolute atomic E-state index is 11.9. The highest BCUT2D eigenvalue weighted by Crippen LogP contribution is 2.29. The molecular formula is C11H18ClNO4S3. The third kappa shape index (κ3) is 5.69. The normalized spacial score (nSPS) is 14.7. The van der Waals surface area contributed by atoms with E-state index in [-0.39, 0.29) is 9.96 Å². The van der Waals surface area contributed by atoms with Gasteiger partial charge in [-0.2, -0.15) is 0 Å². The van der Waals surface area contributed by atoms with Gasteiger partial charge in [0.05, 0.1) is 11.8 Å². The van der Waals surface area contributed by atoms with E-state index in [2.05, 4.69) is 4.72 Å². The van der Waals surface area contributed by atoms with Crippen LogP contribution in [0.3, 0.4) is 0 Å². The molecule has 116 valence electrons. The minimum absolute atomic E-state index is 0.0161. The number of halogens is 1. The number of thiophene rings is 1. The third-order valence-electron chi connectivity index (χ3n) is 2.59. The Morgan fingerprint density at radius 3 is 2.25 bits per heavy atom. The van der Waals surface area contributed by atoms with Crippen molar-refractivity contribution in [3.8, 4) is 0 Å². The lowest BCUT2D eigenvalue weighted by atomic mass is 10.2. The molecule has 0 aliphatic heterocycles. The van der Waals surface area contributed by atoms with Crippen LogP contribution in [-0.4, -0.2) is 22.6 Å². The van der Waals surface area contributed by atoms with Crippen LogP contribution in [-0.2, 0) is 19.1 Å². The van der Waals surface area contributed by atoms with Gasteiger partial charge in [-0.25, -0.2) is 21.6 Å². The molecule has 0 radical (unpaired) electrons. The molecule has 1 N–H and O–H groups in total. The van der Waals surface area contributed by atoms with Gasteiger partial charge < -0.3 is 0 Å². The van der Waals surface area contributed by atoms with Crippen LogP contribution in [0.25, 0.3) is 0 Å². The van der Waals surface area contributed by atoms with E-state index in [0.29, 0.717) is 17.2 Å². The SMILES string of the molecule is CC(C)CCS(=O)(=O)NC(C)c1ccc(S(=O)(=O)Cl)s1. The van der Waals surface area contributed by atoms with Crippen LogP contribution < -0.4 is 4.72 Å². The molecule has 0 spiro atoms. The molecule has 1 unspecified atom stereocenters. The minimum atomic E-state index is -3.77. The molecule has 0 aliphatic carbocycles. The topological polar surface area (TPSA) is 80.3 Å². The average Bonchev–Trinajstić information content (AvgIpc) is 2.74. The summed E-state index contributed by atoms with van der Waals surface area (Å²) in [6, 6.07) is 2.46. The van der Waals surface area contributed by atoms with Gasteiger partial charge in [-0.3, -0.25) is 0 Å². The minimum Gasteiger partial charge on any atom is -0.212 e. The van der Waals surface area contributed by atoms with Crippen LogP contribution in [0.15, 0.2) is 16.3 Å². The van der Waals surface area contributed by atoms with E-state index in [1.807, 2.05) is 13.8 Å². The second kappa shape index (κ2) is 6.74. The highest BCUT2D eigenvalue weighted by atomic mass is 35.7. The molecule has 0 aliphatic rings. The molecule has 1 rings (SSSR count). The van der Waals surface area contributed by atoms with Crippen LogP contribution in [0.1, 0.15) is 38.1 Å². The lowest BCUT2D eigenvalue weighted by Crippen LogP contribution is -2.29. The Morgan fingerprint density at radius 1 is 1.20 bits per heavy atom. The van der Waals surface area contributed by atoms with E-state index in [1.165, 1.54) is 6.07 Å². The van der Waals surface area contributed by atoms with Crippen LogP contribution in [0, 0.1) is 5.92 Å². The van der Waals surface area contributed by atoms with Gasteiger partial charge in [-0.1, -0.05) is 13.8 Å². The van der Waals surface area contributed by atoms with Crippen LogP contribution in [0.5, 0.6) is 0 Å². The van der Waals surface area contributed by atoms with E-state index in [1.54, 1.807) is 13.0 Å². The first-order chi connectivity index (χ1) is 9.01. The molecule has 20 heavy (non-hydrogen) atoms. The van der Waals surface area contributed by atoms with Crippen molar-refractivity contribution >= 4 is 41.1 Å². The van der Waals surface area contributed by atoms with Gasteiger partial charge in [-0.05, 0) is 31.4 Å². The average molecular weight is 360 g/mol. The Balaban J connectivity index is 2.76. The Kier molecular flexibility index (Phi) is 6.03. The molecule has 1 aromatic rings. The van der Waals surface area contributed by atoms with E-state index in [4.69, 9.17) is 10.7 Å². The second-order valence-corrected chi connectivity index (χ2v) is 10.7. The highest BCUT2D eigenvalue weighted by Gasteiger charge is 2.20. The molecule has 0 saturated carbocycles. The van der Waals surface area contributed by atoms with Crippen molar-refractivity contribution in [2.75, 3.05) is 5.75 Å². The summed E-state index contributed by atoms with van der Waals surface area (Å²) in [7, 11) is -1.90. The predicted octanol–water partition coefficient (Wildman–Crippen LogP) is 2.70. The van der Waals surface area contributed by atoms with Gasteiger partial charge in [0.2, 0.25) is 10.0 Å². The second-order valence-electron chi connectivity index (χ2n) is 4.94. The quantitative estimate of drug-likeness (QED) is 0.759. The number of nitrogens with one attached hydrogen (secondary N) is 1. The molecule has 0 aromatic carbocycles. The molecular weight excluding hydrogens is 342 g/mol. The van der Waals surface area contributed by atoms with Crippen molar-refractivity contribution in [3.63, 3.8) is 0 Å². The van der Waals surface area contributed by atoms with Gasteiger partial charge in [0.25, 0.3) is 9.05 Å². The van der Waals surface area contributed by atoms with Crippen molar-refractivity contribution in [1.82, 2.24) is 4.72 Å². The Morgan fingerprint density at radius 2 is 1.80 bits per heavy atom. The zero-order chi connectivity index (χ0) is 15.6. The Labute approximate surface area is 128 Å². The first-order valence-corrected chi connectivity index (χ1v) is 10.8. The summed E-state index contributed by atoms with van der Waals surface area (Å²) in [5.41, 5.74) is 0. The standard InChI is InChI=1S/C11H18ClNO4S3/c1-8(2)6-7-19(14,15)13-9(3)10-4-5-11(18-10)20(12,16)17/h4-5,8-9,13H,6-7H2,1-3H3. The van der Waals surface area contributed by atoms with Crippen molar-refractivity contribution in [2.45, 2.75) is 37.4 Å². The maximum atomic E-state index is 11.9. The molecule has 1 aromatic heterocycles. The van der Waals surface area contributed by atoms with Crippen molar-refractivity contribution in [3.05, 3.63) is 17.0 Å². The Hall–Kier alpha value is -0.150. The number of rotatable bonds is 7. The molecule has 0 saturated heterocycles. The number of hydrogen-bond acceptors (Lipinski definition) is 5.